The van der Waals surface area contributed by atoms with E-state index >= 15 is 0 Å². The summed E-state index contributed by atoms with van der Waals surface area (Å²) < 4.78 is 5.67. The molecule has 0 bridgehead atoms. The molecule has 1 aliphatic rings. The largest absolute Gasteiger partial charge is 0.474 e. The average Bonchev–Trinajstić information content (AvgIpc) is 2.61. The van der Waals surface area contributed by atoms with E-state index in [1.807, 2.05) is 0 Å². The summed E-state index contributed by atoms with van der Waals surface area (Å²) in [6.07, 6.45) is 3.40. The van der Waals surface area contributed by atoms with Crippen molar-refractivity contribution in [1.29, 1.82) is 0 Å². The van der Waals surface area contributed by atoms with Crippen LogP contribution in [0.25, 0.3) is 0 Å². The van der Waals surface area contributed by atoms with E-state index < -0.39 is 5.60 Å². The number of aromatic nitrogens is 4. The number of nitrogens with one attached hydrogen (secondary N) is 3. The van der Waals surface area contributed by atoms with Crippen molar-refractivity contribution in [1.82, 2.24) is 19.9 Å². The summed E-state index contributed by atoms with van der Waals surface area (Å²) in [6, 6.07) is 3.79. The van der Waals surface area contributed by atoms with Crippen molar-refractivity contribution in [3.8, 4) is 5.75 Å². The fourth-order valence-electron chi connectivity index (χ4n) is 2.48. The van der Waals surface area contributed by atoms with Gasteiger partial charge in [0, 0.05) is 6.04 Å². The normalized spacial score (nSPS) is 15.0. The Bertz CT molecular complexity index is 805. The van der Waals surface area contributed by atoms with Gasteiger partial charge in [-0.1, -0.05) is 13.8 Å². The summed E-state index contributed by atoms with van der Waals surface area (Å²) in [5, 5.41) is 9.04. The van der Waals surface area contributed by atoms with Gasteiger partial charge >= 0.3 is 0 Å². The van der Waals surface area contributed by atoms with Crippen molar-refractivity contribution >= 4 is 29.4 Å². The van der Waals surface area contributed by atoms with Crippen LogP contribution in [0.2, 0.25) is 0 Å². The van der Waals surface area contributed by atoms with Gasteiger partial charge in [-0.05, 0) is 38.8 Å². The van der Waals surface area contributed by atoms with Gasteiger partial charge in [-0.25, -0.2) is 15.0 Å². The average molecular weight is 357 g/mol. The zero-order valence-corrected chi connectivity index (χ0v) is 15.3. The van der Waals surface area contributed by atoms with Crippen LogP contribution in [0.5, 0.6) is 5.75 Å². The Labute approximate surface area is 152 Å². The zero-order valence-electron chi connectivity index (χ0n) is 15.3. The molecule has 0 unspecified atom stereocenters. The Balaban J connectivity index is 1.76. The first kappa shape index (κ1) is 17.8. The molecule has 9 nitrogen and oxygen atoms in total. The third-order valence-electron chi connectivity index (χ3n) is 4.13. The second-order valence-electron chi connectivity index (χ2n) is 6.53. The lowest BCUT2D eigenvalue weighted by Gasteiger charge is -2.30. The smallest absolute Gasteiger partial charge is 0.269 e. The van der Waals surface area contributed by atoms with E-state index in [2.05, 4.69) is 49.7 Å². The van der Waals surface area contributed by atoms with E-state index in [9.17, 15) is 4.79 Å². The highest BCUT2D eigenvalue weighted by atomic mass is 16.5. The minimum Gasteiger partial charge on any atom is -0.474 e. The first-order chi connectivity index (χ1) is 12.4. The van der Waals surface area contributed by atoms with Crippen molar-refractivity contribution in [2.45, 2.75) is 52.2 Å². The highest BCUT2D eigenvalue weighted by Gasteiger charge is 2.36. The molecule has 0 atom stereocenters. The first-order valence-corrected chi connectivity index (χ1v) is 8.65. The fourth-order valence-corrected chi connectivity index (χ4v) is 2.48. The van der Waals surface area contributed by atoms with Gasteiger partial charge in [0.15, 0.2) is 17.2 Å². The Hall–Kier alpha value is -2.97. The maximum absolute atomic E-state index is 12.0. The molecular weight excluding hydrogens is 334 g/mol. The van der Waals surface area contributed by atoms with Gasteiger partial charge in [-0.2, -0.15) is 4.98 Å². The maximum atomic E-state index is 12.0. The number of hydrogen-bond acceptors (Lipinski definition) is 8. The summed E-state index contributed by atoms with van der Waals surface area (Å²) in [5.74, 6) is 2.01. The van der Waals surface area contributed by atoms with Gasteiger partial charge in [-0.3, -0.25) is 4.79 Å². The summed E-state index contributed by atoms with van der Waals surface area (Å²) in [4.78, 5) is 29.0. The summed E-state index contributed by atoms with van der Waals surface area (Å²) >= 11 is 0. The number of carbonyl (C=O) groups is 1. The summed E-state index contributed by atoms with van der Waals surface area (Å²) in [5.41, 5.74) is -0.923. The Morgan fingerprint density at radius 2 is 1.88 bits per heavy atom. The summed E-state index contributed by atoms with van der Waals surface area (Å²) in [6.45, 7) is 7.62. The molecule has 2 aromatic rings. The van der Waals surface area contributed by atoms with Crippen LogP contribution in [0.3, 0.4) is 0 Å². The number of hydrogen-bond donors (Lipinski definition) is 3. The van der Waals surface area contributed by atoms with Crippen LogP contribution in [0, 0.1) is 0 Å². The molecule has 0 aromatic carbocycles. The van der Waals surface area contributed by atoms with Crippen LogP contribution in [0.15, 0.2) is 18.5 Å². The van der Waals surface area contributed by atoms with E-state index in [-0.39, 0.29) is 5.91 Å². The van der Waals surface area contributed by atoms with Gasteiger partial charge in [0.25, 0.3) is 5.91 Å². The number of fused-ring (bicyclic) bond motifs is 1. The minimum atomic E-state index is -0.923. The molecule has 2 aromatic heterocycles. The lowest BCUT2D eigenvalue weighted by atomic mass is 10.1. The van der Waals surface area contributed by atoms with Crippen molar-refractivity contribution in [2.24, 2.45) is 0 Å². The number of pyridine rings is 1. The first-order valence-electron chi connectivity index (χ1n) is 8.65. The van der Waals surface area contributed by atoms with Crippen LogP contribution in [-0.2, 0) is 4.79 Å². The van der Waals surface area contributed by atoms with E-state index in [0.717, 1.165) is 12.8 Å². The molecule has 138 valence electrons. The van der Waals surface area contributed by atoms with Crippen molar-refractivity contribution in [3.05, 3.63) is 18.5 Å². The van der Waals surface area contributed by atoms with E-state index in [4.69, 9.17) is 4.74 Å². The summed E-state index contributed by atoms with van der Waals surface area (Å²) in [7, 11) is 0. The fraction of sp³-hybridized carbons (Fsp3) is 0.471. The third-order valence-corrected chi connectivity index (χ3v) is 4.13. The Morgan fingerprint density at radius 3 is 2.62 bits per heavy atom. The van der Waals surface area contributed by atoms with Crippen LogP contribution >= 0.6 is 0 Å². The molecule has 0 saturated heterocycles. The van der Waals surface area contributed by atoms with Gasteiger partial charge in [-0.15, -0.1) is 0 Å². The highest BCUT2D eigenvalue weighted by molar-refractivity contribution is 5.99. The van der Waals surface area contributed by atoms with Gasteiger partial charge in [0.1, 0.15) is 12.1 Å². The van der Waals surface area contributed by atoms with Gasteiger partial charge < -0.3 is 20.7 Å². The molecule has 0 spiro atoms. The maximum Gasteiger partial charge on any atom is 0.269 e. The van der Waals surface area contributed by atoms with Gasteiger partial charge in [0.05, 0.1) is 0 Å². The van der Waals surface area contributed by atoms with Crippen LogP contribution in [-0.4, -0.2) is 37.5 Å². The Kier molecular flexibility index (Phi) is 4.88. The molecule has 3 N–H and O–H groups in total. The van der Waals surface area contributed by atoms with E-state index in [1.54, 1.807) is 26.0 Å². The minimum absolute atomic E-state index is 0.244. The second-order valence-corrected chi connectivity index (χ2v) is 6.53. The lowest BCUT2D eigenvalue weighted by Crippen LogP contribution is -2.46. The van der Waals surface area contributed by atoms with Crippen molar-refractivity contribution in [2.75, 3.05) is 16.0 Å². The molecule has 0 aliphatic carbocycles. The SMILES string of the molecule is CCC(CC)Nc1ncnc(Nc2ccc3c(n2)NC(=O)C(C)(C)O3)n1. The van der Waals surface area contributed by atoms with Crippen LogP contribution < -0.4 is 20.7 Å². The molecule has 0 saturated carbocycles. The number of anilines is 4. The number of carbonyl (C=O) groups excluding carboxylic acids is 1. The van der Waals surface area contributed by atoms with E-state index in [1.165, 1.54) is 6.33 Å². The number of ether oxygens (including phenoxy) is 1. The van der Waals surface area contributed by atoms with E-state index in [0.29, 0.717) is 35.3 Å². The molecule has 0 fully saturated rings. The lowest BCUT2D eigenvalue weighted by molar-refractivity contribution is -0.129. The highest BCUT2D eigenvalue weighted by Crippen LogP contribution is 2.33. The second kappa shape index (κ2) is 7.11. The number of nitrogens with zero attached hydrogens (tertiary/aromatic N) is 4. The van der Waals surface area contributed by atoms with Crippen molar-refractivity contribution < 1.29 is 9.53 Å². The molecule has 26 heavy (non-hydrogen) atoms. The standard InChI is InChI=1S/C17H23N7O2/c1-5-10(6-2)20-15-18-9-19-16(24-15)22-12-8-7-11-13(21-12)23-14(25)17(3,4)26-11/h7-10H,5-6H2,1-4H3,(H3,18,19,20,21,22,23,24,25). The number of rotatable bonds is 6. The molecule has 3 rings (SSSR count). The topological polar surface area (TPSA) is 114 Å². The molecule has 1 aliphatic heterocycles. The molecule has 1 amide bonds. The molecular formula is C17H23N7O2. The predicted molar refractivity (Wildman–Crippen MR) is 98.7 cm³/mol. The quantitative estimate of drug-likeness (QED) is 0.723. The number of amides is 1. The molecule has 9 heteroatoms. The Morgan fingerprint density at radius 1 is 1.15 bits per heavy atom. The monoisotopic (exact) mass is 357 g/mol. The van der Waals surface area contributed by atoms with Crippen LogP contribution in [0.1, 0.15) is 40.5 Å². The molecule has 0 radical (unpaired) electrons. The predicted octanol–water partition coefficient (Wildman–Crippen LogP) is 2.72. The zero-order chi connectivity index (χ0) is 18.7. The molecule has 3 heterocycles. The third kappa shape index (κ3) is 3.81. The van der Waals surface area contributed by atoms with Crippen LogP contribution in [0.4, 0.5) is 23.5 Å². The van der Waals surface area contributed by atoms with Gasteiger partial charge in [0.2, 0.25) is 11.9 Å². The van der Waals surface area contributed by atoms with Crippen molar-refractivity contribution in [3.63, 3.8) is 0 Å².